The minimum absolute atomic E-state index is 0.308. The summed E-state index contributed by atoms with van der Waals surface area (Å²) < 4.78 is 20.8. The van der Waals surface area contributed by atoms with Gasteiger partial charge in [0.25, 0.3) is 0 Å². The highest BCUT2D eigenvalue weighted by molar-refractivity contribution is 5.82. The van der Waals surface area contributed by atoms with Gasteiger partial charge in [-0.1, -0.05) is 5.57 Å². The zero-order valence-corrected chi connectivity index (χ0v) is 11.2. The third kappa shape index (κ3) is 6.41. The van der Waals surface area contributed by atoms with E-state index in [1.807, 2.05) is 0 Å². The third-order valence-corrected chi connectivity index (χ3v) is 1.60. The molecule has 0 aromatic rings. The van der Waals surface area contributed by atoms with Crippen LogP contribution in [0.2, 0.25) is 0 Å². The molecule has 0 aliphatic carbocycles. The summed E-state index contributed by atoms with van der Waals surface area (Å²) >= 11 is 0. The van der Waals surface area contributed by atoms with Crippen molar-refractivity contribution in [2.45, 2.75) is 40.8 Å². The number of carbonyl (C=O) groups excluding carboxylic acids is 1. The van der Waals surface area contributed by atoms with E-state index in [4.69, 9.17) is 18.9 Å². The summed E-state index contributed by atoms with van der Waals surface area (Å²) in [4.78, 5) is 11.6. The number of allylic oxidation sites excluding steroid dienone is 1. The average Bonchev–Trinajstić information content (AvgIpc) is 2.16. The first-order chi connectivity index (χ1) is 7.99. The van der Waals surface area contributed by atoms with Gasteiger partial charge in [-0.2, -0.15) is 0 Å². The number of rotatable bonds is 8. The molecule has 0 saturated carbocycles. The molecule has 0 saturated heterocycles. The van der Waals surface area contributed by atoms with Gasteiger partial charge in [0.1, 0.15) is 0 Å². The minimum Gasteiger partial charge on any atom is -0.381 e. The summed E-state index contributed by atoms with van der Waals surface area (Å²) in [5.41, 5.74) is 0.827. The van der Waals surface area contributed by atoms with Gasteiger partial charge in [-0.3, -0.25) is 14.2 Å². The highest BCUT2D eigenvalue weighted by Crippen LogP contribution is 2.18. The number of hydrogen-bond acceptors (Lipinski definition) is 5. The van der Waals surface area contributed by atoms with Crippen LogP contribution in [-0.2, 0) is 23.7 Å². The van der Waals surface area contributed by atoms with Crippen LogP contribution in [0.4, 0.5) is 0 Å². The molecule has 0 fully saturated rings. The Morgan fingerprint density at radius 3 is 1.71 bits per heavy atom. The maximum Gasteiger partial charge on any atom is 0.463 e. The molecule has 0 atom stereocenters. The van der Waals surface area contributed by atoms with Crippen LogP contribution >= 0.6 is 0 Å². The van der Waals surface area contributed by atoms with Gasteiger partial charge in [-0.25, -0.2) is 4.79 Å². The Labute approximate surface area is 103 Å². The lowest BCUT2D eigenvalue weighted by Crippen LogP contribution is -2.43. The van der Waals surface area contributed by atoms with Crippen LogP contribution < -0.4 is 0 Å². The molecule has 100 valence electrons. The Morgan fingerprint density at radius 1 is 1.00 bits per heavy atom. The zero-order chi connectivity index (χ0) is 13.3. The first kappa shape index (κ1) is 16.1. The topological polar surface area (TPSA) is 54.0 Å². The van der Waals surface area contributed by atoms with Crippen molar-refractivity contribution < 1.29 is 23.7 Å². The van der Waals surface area contributed by atoms with E-state index in [1.54, 1.807) is 34.6 Å². The first-order valence-electron chi connectivity index (χ1n) is 5.79. The predicted octanol–water partition coefficient (Wildman–Crippen LogP) is 2.22. The SMILES string of the molecule is CCOC(OCC)(OCC)OC(=O)C=C(C)C. The molecule has 0 aromatic heterocycles. The van der Waals surface area contributed by atoms with Crippen LogP contribution in [0.25, 0.3) is 0 Å². The Bertz CT molecular complexity index is 239. The smallest absolute Gasteiger partial charge is 0.381 e. The Balaban J connectivity index is 4.75. The van der Waals surface area contributed by atoms with Gasteiger partial charge in [0.05, 0.1) is 19.8 Å². The molecule has 0 amide bonds. The van der Waals surface area contributed by atoms with Gasteiger partial charge in [-0.15, -0.1) is 0 Å². The molecule has 0 unspecified atom stereocenters. The molecule has 5 heteroatoms. The maximum atomic E-state index is 11.6. The number of esters is 1. The minimum atomic E-state index is -1.73. The van der Waals surface area contributed by atoms with Crippen molar-refractivity contribution in [3.05, 3.63) is 11.6 Å². The molecule has 0 bridgehead atoms. The standard InChI is InChI=1S/C12H22O5/c1-6-14-12(15-7-2,16-8-3)17-11(13)9-10(4)5/h9H,6-8H2,1-5H3. The van der Waals surface area contributed by atoms with Crippen LogP contribution in [-0.4, -0.2) is 31.9 Å². The molecule has 0 aliphatic rings. The van der Waals surface area contributed by atoms with Gasteiger partial charge in [0.15, 0.2) is 0 Å². The lowest BCUT2D eigenvalue weighted by molar-refractivity contribution is -0.479. The number of hydrogen-bond donors (Lipinski definition) is 0. The van der Waals surface area contributed by atoms with Crippen molar-refractivity contribution in [3.63, 3.8) is 0 Å². The van der Waals surface area contributed by atoms with Crippen LogP contribution in [0, 0.1) is 0 Å². The van der Waals surface area contributed by atoms with E-state index in [0.717, 1.165) is 5.57 Å². The fraction of sp³-hybridized carbons (Fsp3) is 0.750. The Morgan fingerprint density at radius 2 is 1.41 bits per heavy atom. The lowest BCUT2D eigenvalue weighted by atomic mass is 10.3. The molecule has 0 aliphatic heterocycles. The van der Waals surface area contributed by atoms with Crippen molar-refractivity contribution in [2.75, 3.05) is 19.8 Å². The summed E-state index contributed by atoms with van der Waals surface area (Å²) in [7, 11) is 0. The molecule has 0 aromatic carbocycles. The second-order valence-electron chi connectivity index (χ2n) is 3.44. The second-order valence-corrected chi connectivity index (χ2v) is 3.44. The molecule has 0 rings (SSSR count). The van der Waals surface area contributed by atoms with Crippen molar-refractivity contribution in [2.24, 2.45) is 0 Å². The summed E-state index contributed by atoms with van der Waals surface area (Å²) in [6.07, 6.45) is -0.382. The summed E-state index contributed by atoms with van der Waals surface area (Å²) in [6, 6.07) is 0. The Kier molecular flexibility index (Phi) is 7.78. The van der Waals surface area contributed by atoms with Crippen LogP contribution in [0.3, 0.4) is 0 Å². The fourth-order valence-electron chi connectivity index (χ4n) is 1.13. The highest BCUT2D eigenvalue weighted by atomic mass is 17.0. The van der Waals surface area contributed by atoms with Crippen molar-refractivity contribution in [3.8, 4) is 0 Å². The van der Waals surface area contributed by atoms with Crippen LogP contribution in [0.15, 0.2) is 11.6 Å². The molecular weight excluding hydrogens is 224 g/mol. The van der Waals surface area contributed by atoms with Gasteiger partial charge < -0.3 is 4.74 Å². The molecular formula is C12H22O5. The van der Waals surface area contributed by atoms with Crippen molar-refractivity contribution in [1.82, 2.24) is 0 Å². The Hall–Kier alpha value is -0.910. The lowest BCUT2D eigenvalue weighted by Gasteiger charge is -2.29. The summed E-state index contributed by atoms with van der Waals surface area (Å²) in [6.45, 7) is 9.81. The summed E-state index contributed by atoms with van der Waals surface area (Å²) in [5, 5.41) is 0. The van der Waals surface area contributed by atoms with E-state index in [1.165, 1.54) is 6.08 Å². The number of carbonyl (C=O) groups is 1. The average molecular weight is 246 g/mol. The van der Waals surface area contributed by atoms with Crippen LogP contribution in [0.5, 0.6) is 0 Å². The highest BCUT2D eigenvalue weighted by Gasteiger charge is 2.37. The van der Waals surface area contributed by atoms with E-state index in [9.17, 15) is 4.79 Å². The quantitative estimate of drug-likeness (QED) is 0.373. The monoisotopic (exact) mass is 246 g/mol. The summed E-state index contributed by atoms with van der Waals surface area (Å²) in [5.74, 6) is -0.555. The molecule has 0 N–H and O–H groups in total. The largest absolute Gasteiger partial charge is 0.463 e. The van der Waals surface area contributed by atoms with E-state index >= 15 is 0 Å². The molecule has 0 heterocycles. The van der Waals surface area contributed by atoms with E-state index in [0.29, 0.717) is 19.8 Å². The van der Waals surface area contributed by atoms with Crippen LogP contribution in [0.1, 0.15) is 34.6 Å². The molecule has 17 heavy (non-hydrogen) atoms. The van der Waals surface area contributed by atoms with E-state index < -0.39 is 12.1 Å². The normalized spacial score (nSPS) is 11.1. The third-order valence-electron chi connectivity index (χ3n) is 1.60. The van der Waals surface area contributed by atoms with Gasteiger partial charge >= 0.3 is 12.1 Å². The van der Waals surface area contributed by atoms with Crippen molar-refractivity contribution in [1.29, 1.82) is 0 Å². The second kappa shape index (κ2) is 8.22. The zero-order valence-electron chi connectivity index (χ0n) is 11.2. The predicted molar refractivity (Wildman–Crippen MR) is 63.1 cm³/mol. The fourth-order valence-corrected chi connectivity index (χ4v) is 1.13. The number of ether oxygens (including phenoxy) is 4. The molecule has 5 nitrogen and oxygen atoms in total. The van der Waals surface area contributed by atoms with Gasteiger partial charge in [0.2, 0.25) is 0 Å². The van der Waals surface area contributed by atoms with Crippen molar-refractivity contribution >= 4 is 5.97 Å². The first-order valence-corrected chi connectivity index (χ1v) is 5.79. The molecule has 0 radical (unpaired) electrons. The molecule has 0 spiro atoms. The van der Waals surface area contributed by atoms with Gasteiger partial charge in [0, 0.05) is 6.08 Å². The maximum absolute atomic E-state index is 11.6. The van der Waals surface area contributed by atoms with E-state index in [-0.39, 0.29) is 0 Å². The van der Waals surface area contributed by atoms with E-state index in [2.05, 4.69) is 0 Å². The van der Waals surface area contributed by atoms with Gasteiger partial charge in [-0.05, 0) is 34.6 Å².